The van der Waals surface area contributed by atoms with E-state index in [1.807, 2.05) is 18.2 Å². The van der Waals surface area contributed by atoms with Crippen LogP contribution in [0.15, 0.2) is 34.9 Å². The molecule has 1 atom stereocenters. The quantitative estimate of drug-likeness (QED) is 0.457. The van der Waals surface area contributed by atoms with Gasteiger partial charge in [0.25, 0.3) is 11.8 Å². The van der Waals surface area contributed by atoms with Gasteiger partial charge in [-0.05, 0) is 68.8 Å². The van der Waals surface area contributed by atoms with Crippen LogP contribution in [0.25, 0.3) is 0 Å². The Hall–Kier alpha value is -2.71. The van der Waals surface area contributed by atoms with E-state index >= 15 is 0 Å². The maximum Gasteiger partial charge on any atom is 0.273 e. The average molecular weight is 427 g/mol. The zero-order valence-corrected chi connectivity index (χ0v) is 17.6. The second kappa shape index (κ2) is 10.1. The molecule has 2 heterocycles. The van der Waals surface area contributed by atoms with Crippen molar-refractivity contribution >= 4 is 11.8 Å². The molecule has 1 aromatic carbocycles. The summed E-state index contributed by atoms with van der Waals surface area (Å²) in [6, 6.07) is 8.93. The van der Waals surface area contributed by atoms with Crippen LogP contribution in [0.2, 0.25) is 0 Å². The van der Waals surface area contributed by atoms with E-state index in [1.165, 1.54) is 0 Å². The minimum Gasteiger partial charge on any atom is -0.396 e. The number of hydrogen-bond acceptors (Lipinski definition) is 6. The van der Waals surface area contributed by atoms with Crippen LogP contribution in [-0.2, 0) is 0 Å². The normalized spacial score (nSPS) is 17.8. The van der Waals surface area contributed by atoms with Crippen molar-refractivity contribution in [3.63, 3.8) is 0 Å². The number of nitrogens with one attached hydrogen (secondary N) is 3. The number of hydrogen-bond donors (Lipinski definition) is 4. The first-order chi connectivity index (χ1) is 15.2. The number of aliphatic hydroxyl groups excluding tert-OH is 1. The highest BCUT2D eigenvalue weighted by molar-refractivity contribution is 5.94. The molecule has 0 radical (unpaired) electrons. The fourth-order valence-corrected chi connectivity index (χ4v) is 4.08. The molecule has 2 aromatic rings. The van der Waals surface area contributed by atoms with Crippen LogP contribution in [0.5, 0.6) is 0 Å². The molecule has 31 heavy (non-hydrogen) atoms. The number of rotatable bonds is 9. The third kappa shape index (κ3) is 5.51. The SMILES string of the molecule is O=C(NCCCO)c1cccc(C(NC(=O)c2cc(C3CC3)on2)C2CCNCC2)c1. The van der Waals surface area contributed by atoms with Gasteiger partial charge in [0.15, 0.2) is 5.69 Å². The third-order valence-corrected chi connectivity index (χ3v) is 6.01. The van der Waals surface area contributed by atoms with Crippen molar-refractivity contribution < 1.29 is 19.2 Å². The Labute approximate surface area is 181 Å². The van der Waals surface area contributed by atoms with E-state index in [4.69, 9.17) is 9.63 Å². The van der Waals surface area contributed by atoms with Crippen LogP contribution in [-0.4, -0.2) is 48.3 Å². The predicted molar refractivity (Wildman–Crippen MR) is 115 cm³/mol. The van der Waals surface area contributed by atoms with Gasteiger partial charge in [-0.3, -0.25) is 9.59 Å². The van der Waals surface area contributed by atoms with E-state index in [0.29, 0.717) is 30.1 Å². The summed E-state index contributed by atoms with van der Waals surface area (Å²) in [5.74, 6) is 1.00. The van der Waals surface area contributed by atoms with Gasteiger partial charge < -0.3 is 25.6 Å². The first-order valence-electron chi connectivity index (χ1n) is 11.1. The molecular weight excluding hydrogens is 396 g/mol. The Morgan fingerprint density at radius 1 is 1.16 bits per heavy atom. The molecule has 8 heteroatoms. The maximum absolute atomic E-state index is 13.0. The molecule has 2 aliphatic rings. The Bertz CT molecular complexity index is 902. The number of aromatic nitrogens is 1. The molecule has 4 rings (SSSR count). The fourth-order valence-electron chi connectivity index (χ4n) is 4.08. The number of carbonyl (C=O) groups is 2. The van der Waals surface area contributed by atoms with Gasteiger partial charge in [0.1, 0.15) is 5.76 Å². The average Bonchev–Trinajstić information content (AvgIpc) is 3.54. The number of amides is 2. The van der Waals surface area contributed by atoms with Gasteiger partial charge in [-0.2, -0.15) is 0 Å². The Kier molecular flexibility index (Phi) is 6.99. The summed E-state index contributed by atoms with van der Waals surface area (Å²) in [5, 5.41) is 22.2. The fraction of sp³-hybridized carbons (Fsp3) is 0.522. The van der Waals surface area contributed by atoms with Crippen LogP contribution in [0.1, 0.15) is 76.2 Å². The van der Waals surface area contributed by atoms with Crippen LogP contribution in [0.4, 0.5) is 0 Å². The monoisotopic (exact) mass is 426 g/mol. The van der Waals surface area contributed by atoms with Crippen LogP contribution < -0.4 is 16.0 Å². The molecule has 1 aromatic heterocycles. The van der Waals surface area contributed by atoms with Gasteiger partial charge in [-0.1, -0.05) is 17.3 Å². The minimum atomic E-state index is -0.253. The molecule has 0 spiro atoms. The lowest BCUT2D eigenvalue weighted by Crippen LogP contribution is -2.39. The minimum absolute atomic E-state index is 0.0364. The molecule has 1 saturated heterocycles. The van der Waals surface area contributed by atoms with E-state index in [-0.39, 0.29) is 30.4 Å². The Morgan fingerprint density at radius 3 is 2.71 bits per heavy atom. The topological polar surface area (TPSA) is 116 Å². The standard InChI is InChI=1S/C23H30N4O4/c28-12-2-9-25-22(29)18-4-1-3-17(13-18)21(16-7-10-24-11-8-16)26-23(30)19-14-20(31-27-19)15-5-6-15/h1,3-4,13-16,21,24,28H,2,5-12H2,(H,25,29)(H,26,30). The van der Waals surface area contributed by atoms with Crippen molar-refractivity contribution in [2.45, 2.75) is 44.1 Å². The van der Waals surface area contributed by atoms with Gasteiger partial charge in [-0.15, -0.1) is 0 Å². The lowest BCUT2D eigenvalue weighted by Gasteiger charge is -2.31. The molecule has 4 N–H and O–H groups in total. The number of nitrogens with zero attached hydrogens (tertiary/aromatic N) is 1. The molecule has 2 amide bonds. The van der Waals surface area contributed by atoms with Gasteiger partial charge in [0.05, 0.1) is 6.04 Å². The van der Waals surface area contributed by atoms with Crippen LogP contribution in [0, 0.1) is 5.92 Å². The van der Waals surface area contributed by atoms with Crippen molar-refractivity contribution in [2.75, 3.05) is 26.2 Å². The predicted octanol–water partition coefficient (Wildman–Crippen LogP) is 2.13. The second-order valence-electron chi connectivity index (χ2n) is 8.39. The number of piperidine rings is 1. The highest BCUT2D eigenvalue weighted by Crippen LogP contribution is 2.40. The first kappa shape index (κ1) is 21.5. The van der Waals surface area contributed by atoms with Gasteiger partial charge in [0, 0.05) is 30.7 Å². The lowest BCUT2D eigenvalue weighted by atomic mass is 9.85. The lowest BCUT2D eigenvalue weighted by molar-refractivity contribution is 0.0904. The molecule has 1 aliphatic heterocycles. The highest BCUT2D eigenvalue weighted by atomic mass is 16.5. The maximum atomic E-state index is 13.0. The Morgan fingerprint density at radius 2 is 1.97 bits per heavy atom. The molecule has 0 bridgehead atoms. The smallest absolute Gasteiger partial charge is 0.273 e. The zero-order chi connectivity index (χ0) is 21.6. The second-order valence-corrected chi connectivity index (χ2v) is 8.39. The molecule has 166 valence electrons. The Balaban J connectivity index is 1.52. The largest absolute Gasteiger partial charge is 0.396 e. The van der Waals surface area contributed by atoms with E-state index in [1.54, 1.807) is 12.1 Å². The molecule has 8 nitrogen and oxygen atoms in total. The van der Waals surface area contributed by atoms with E-state index < -0.39 is 0 Å². The summed E-state index contributed by atoms with van der Waals surface area (Å²) >= 11 is 0. The van der Waals surface area contributed by atoms with Gasteiger partial charge in [-0.25, -0.2) is 0 Å². The van der Waals surface area contributed by atoms with E-state index in [0.717, 1.165) is 50.1 Å². The summed E-state index contributed by atoms with van der Waals surface area (Å²) in [5.41, 5.74) is 1.75. The summed E-state index contributed by atoms with van der Waals surface area (Å²) in [6.07, 6.45) is 4.55. The summed E-state index contributed by atoms with van der Waals surface area (Å²) < 4.78 is 5.35. The summed E-state index contributed by atoms with van der Waals surface area (Å²) in [7, 11) is 0. The van der Waals surface area contributed by atoms with Crippen LogP contribution >= 0.6 is 0 Å². The van der Waals surface area contributed by atoms with Crippen molar-refractivity contribution in [1.82, 2.24) is 21.1 Å². The number of aliphatic hydroxyl groups is 1. The van der Waals surface area contributed by atoms with Crippen molar-refractivity contribution in [3.8, 4) is 0 Å². The molecule has 1 unspecified atom stereocenters. The third-order valence-electron chi connectivity index (χ3n) is 6.01. The zero-order valence-electron chi connectivity index (χ0n) is 17.6. The van der Waals surface area contributed by atoms with Gasteiger partial charge >= 0.3 is 0 Å². The van der Waals surface area contributed by atoms with E-state index in [2.05, 4.69) is 21.1 Å². The highest BCUT2D eigenvalue weighted by Gasteiger charge is 2.31. The molecule has 2 fully saturated rings. The number of benzene rings is 1. The number of carbonyl (C=O) groups excluding carboxylic acids is 2. The molecule has 1 saturated carbocycles. The first-order valence-corrected chi connectivity index (χ1v) is 11.1. The summed E-state index contributed by atoms with van der Waals surface area (Å²) in [6.45, 7) is 2.25. The van der Waals surface area contributed by atoms with Gasteiger partial charge in [0.2, 0.25) is 0 Å². The van der Waals surface area contributed by atoms with Crippen molar-refractivity contribution in [2.24, 2.45) is 5.92 Å². The van der Waals surface area contributed by atoms with E-state index in [9.17, 15) is 9.59 Å². The molecular formula is C23H30N4O4. The van der Waals surface area contributed by atoms with Crippen molar-refractivity contribution in [3.05, 3.63) is 52.9 Å². The van der Waals surface area contributed by atoms with Crippen molar-refractivity contribution in [1.29, 1.82) is 0 Å². The van der Waals surface area contributed by atoms with Crippen LogP contribution in [0.3, 0.4) is 0 Å². The summed E-state index contributed by atoms with van der Waals surface area (Å²) in [4.78, 5) is 25.4. The molecule has 1 aliphatic carbocycles.